The van der Waals surface area contributed by atoms with Gasteiger partial charge in [-0.25, -0.2) is 0 Å². The summed E-state index contributed by atoms with van der Waals surface area (Å²) in [6.45, 7) is 10.4. The summed E-state index contributed by atoms with van der Waals surface area (Å²) in [5.74, 6) is 0.739. The molecule has 0 spiro atoms. The van der Waals surface area contributed by atoms with Crippen molar-refractivity contribution in [3.63, 3.8) is 0 Å². The first-order valence-electron chi connectivity index (χ1n) is 7.94. The number of hydrogen-bond donors (Lipinski definition) is 3. The van der Waals surface area contributed by atoms with Gasteiger partial charge in [0.25, 0.3) is 0 Å². The molecule has 3 N–H and O–H groups in total. The quantitative estimate of drug-likeness (QED) is 0.701. The first kappa shape index (κ1) is 17.4. The monoisotopic (exact) mass is 284 g/mol. The van der Waals surface area contributed by atoms with Crippen LogP contribution >= 0.6 is 0 Å². The predicted octanol–water partition coefficient (Wildman–Crippen LogP) is 2.21. The van der Waals surface area contributed by atoms with Gasteiger partial charge in [0.1, 0.15) is 0 Å². The Balaban J connectivity index is 2.59. The molecule has 1 saturated carbocycles. The Labute approximate surface area is 123 Å². The molecule has 1 fully saturated rings. The molecule has 4 nitrogen and oxygen atoms in total. The van der Waals surface area contributed by atoms with Gasteiger partial charge in [-0.15, -0.1) is 0 Å². The van der Waals surface area contributed by atoms with E-state index >= 15 is 0 Å². The molecule has 0 aromatic rings. The lowest BCUT2D eigenvalue weighted by atomic mass is 9.77. The maximum atomic E-state index is 12.3. The SMILES string of the molecule is CCC(C)(C)NC(=O)C(C)NC1(CO)CCC(C)CC1. The summed E-state index contributed by atoms with van der Waals surface area (Å²) < 4.78 is 0. The average molecular weight is 284 g/mol. The lowest BCUT2D eigenvalue weighted by Crippen LogP contribution is -2.59. The van der Waals surface area contributed by atoms with Crippen LogP contribution in [-0.4, -0.2) is 34.7 Å². The van der Waals surface area contributed by atoms with Gasteiger partial charge in [-0.3, -0.25) is 10.1 Å². The van der Waals surface area contributed by atoms with Crippen molar-refractivity contribution in [2.45, 2.75) is 83.8 Å². The molecule has 1 atom stereocenters. The van der Waals surface area contributed by atoms with Gasteiger partial charge in [-0.05, 0) is 58.8 Å². The van der Waals surface area contributed by atoms with Gasteiger partial charge in [-0.2, -0.15) is 0 Å². The predicted molar refractivity (Wildman–Crippen MR) is 82.6 cm³/mol. The van der Waals surface area contributed by atoms with Crippen molar-refractivity contribution in [3.8, 4) is 0 Å². The zero-order valence-corrected chi connectivity index (χ0v) is 13.8. The van der Waals surface area contributed by atoms with Crippen molar-refractivity contribution in [1.82, 2.24) is 10.6 Å². The third-order valence-corrected chi connectivity index (χ3v) is 4.80. The van der Waals surface area contributed by atoms with E-state index in [1.165, 1.54) is 0 Å². The number of amides is 1. The van der Waals surface area contributed by atoms with E-state index in [0.29, 0.717) is 0 Å². The van der Waals surface area contributed by atoms with Crippen LogP contribution in [0, 0.1) is 5.92 Å². The molecular formula is C16H32N2O2. The van der Waals surface area contributed by atoms with E-state index < -0.39 is 0 Å². The molecule has 0 saturated heterocycles. The van der Waals surface area contributed by atoms with Gasteiger partial charge in [0.2, 0.25) is 5.91 Å². The lowest BCUT2D eigenvalue weighted by molar-refractivity contribution is -0.125. The number of aliphatic hydroxyl groups is 1. The molecule has 0 radical (unpaired) electrons. The highest BCUT2D eigenvalue weighted by molar-refractivity contribution is 5.82. The Morgan fingerprint density at radius 2 is 1.95 bits per heavy atom. The van der Waals surface area contributed by atoms with Crippen molar-refractivity contribution in [2.75, 3.05) is 6.61 Å². The summed E-state index contributed by atoms with van der Waals surface area (Å²) >= 11 is 0. The highest BCUT2D eigenvalue weighted by Crippen LogP contribution is 2.32. The summed E-state index contributed by atoms with van der Waals surface area (Å²) in [5, 5.41) is 16.2. The molecule has 118 valence electrons. The number of nitrogens with one attached hydrogen (secondary N) is 2. The van der Waals surface area contributed by atoms with Crippen molar-refractivity contribution < 1.29 is 9.90 Å². The normalized spacial score (nSPS) is 29.0. The van der Waals surface area contributed by atoms with Gasteiger partial charge in [0.05, 0.1) is 12.6 Å². The first-order chi connectivity index (χ1) is 9.23. The van der Waals surface area contributed by atoms with Crippen LogP contribution < -0.4 is 10.6 Å². The minimum Gasteiger partial charge on any atom is -0.394 e. The van der Waals surface area contributed by atoms with Gasteiger partial charge in [-0.1, -0.05) is 13.8 Å². The van der Waals surface area contributed by atoms with Crippen LogP contribution in [-0.2, 0) is 4.79 Å². The van der Waals surface area contributed by atoms with E-state index in [-0.39, 0.29) is 29.6 Å². The van der Waals surface area contributed by atoms with Gasteiger partial charge in [0, 0.05) is 11.1 Å². The van der Waals surface area contributed by atoms with Crippen molar-refractivity contribution in [2.24, 2.45) is 5.92 Å². The fourth-order valence-corrected chi connectivity index (χ4v) is 2.72. The first-order valence-corrected chi connectivity index (χ1v) is 7.94. The minimum atomic E-state index is -0.278. The molecule has 0 heterocycles. The molecule has 0 aliphatic heterocycles. The largest absolute Gasteiger partial charge is 0.394 e. The fraction of sp³-hybridized carbons (Fsp3) is 0.938. The van der Waals surface area contributed by atoms with Crippen LogP contribution in [0.3, 0.4) is 0 Å². The number of carbonyl (C=O) groups is 1. The summed E-state index contributed by atoms with van der Waals surface area (Å²) in [5.41, 5.74) is -0.458. The highest BCUT2D eigenvalue weighted by atomic mass is 16.3. The molecule has 1 amide bonds. The van der Waals surface area contributed by atoms with Gasteiger partial charge in [0.15, 0.2) is 0 Å². The Morgan fingerprint density at radius 3 is 2.40 bits per heavy atom. The lowest BCUT2D eigenvalue weighted by Gasteiger charge is -2.41. The van der Waals surface area contributed by atoms with Gasteiger partial charge < -0.3 is 10.4 Å². The number of rotatable bonds is 6. The molecule has 4 heteroatoms. The van der Waals surface area contributed by atoms with E-state index in [1.54, 1.807) is 0 Å². The Hall–Kier alpha value is -0.610. The van der Waals surface area contributed by atoms with Crippen LogP contribution in [0.2, 0.25) is 0 Å². The summed E-state index contributed by atoms with van der Waals surface area (Å²) in [4.78, 5) is 12.3. The highest BCUT2D eigenvalue weighted by Gasteiger charge is 2.36. The Morgan fingerprint density at radius 1 is 1.40 bits per heavy atom. The molecule has 0 aromatic carbocycles. The topological polar surface area (TPSA) is 61.4 Å². The molecular weight excluding hydrogens is 252 g/mol. The third-order valence-electron chi connectivity index (χ3n) is 4.80. The molecule has 1 rings (SSSR count). The van der Waals surface area contributed by atoms with Crippen LogP contribution in [0.4, 0.5) is 0 Å². The third kappa shape index (κ3) is 4.74. The maximum absolute atomic E-state index is 12.3. The number of aliphatic hydroxyl groups excluding tert-OH is 1. The second kappa shape index (κ2) is 6.90. The van der Waals surface area contributed by atoms with E-state index in [2.05, 4.69) is 24.5 Å². The van der Waals surface area contributed by atoms with Crippen LogP contribution in [0.15, 0.2) is 0 Å². The van der Waals surface area contributed by atoms with E-state index in [4.69, 9.17) is 0 Å². The van der Waals surface area contributed by atoms with Crippen molar-refractivity contribution in [3.05, 3.63) is 0 Å². The summed E-state index contributed by atoms with van der Waals surface area (Å²) in [6, 6.07) is -0.276. The second-order valence-electron chi connectivity index (χ2n) is 7.21. The second-order valence-corrected chi connectivity index (χ2v) is 7.21. The molecule has 1 aliphatic rings. The Kier molecular flexibility index (Phi) is 6.02. The molecule has 0 aromatic heterocycles. The van der Waals surface area contributed by atoms with Crippen molar-refractivity contribution in [1.29, 1.82) is 0 Å². The van der Waals surface area contributed by atoms with Gasteiger partial charge >= 0.3 is 0 Å². The Bertz CT molecular complexity index is 320. The van der Waals surface area contributed by atoms with Crippen molar-refractivity contribution >= 4 is 5.91 Å². The minimum absolute atomic E-state index is 0.0169. The zero-order chi connectivity index (χ0) is 15.4. The fourth-order valence-electron chi connectivity index (χ4n) is 2.72. The summed E-state index contributed by atoms with van der Waals surface area (Å²) in [6.07, 6.45) is 5.01. The molecule has 0 bridgehead atoms. The van der Waals surface area contributed by atoms with Crippen LogP contribution in [0.1, 0.15) is 66.7 Å². The average Bonchev–Trinajstić information content (AvgIpc) is 2.41. The smallest absolute Gasteiger partial charge is 0.237 e. The number of carbonyl (C=O) groups excluding carboxylic acids is 1. The zero-order valence-electron chi connectivity index (χ0n) is 13.8. The van der Waals surface area contributed by atoms with E-state index in [9.17, 15) is 9.90 Å². The van der Waals surface area contributed by atoms with Crippen LogP contribution in [0.25, 0.3) is 0 Å². The summed E-state index contributed by atoms with van der Waals surface area (Å²) in [7, 11) is 0. The maximum Gasteiger partial charge on any atom is 0.237 e. The molecule has 1 unspecified atom stereocenters. The molecule has 1 aliphatic carbocycles. The van der Waals surface area contributed by atoms with E-state index in [1.807, 2.05) is 20.8 Å². The standard InChI is InChI=1S/C16H32N2O2/c1-6-15(4,5)18-14(20)13(3)17-16(11-19)9-7-12(2)8-10-16/h12-13,17,19H,6-11H2,1-5H3,(H,18,20). The number of hydrogen-bond acceptors (Lipinski definition) is 3. The molecule has 20 heavy (non-hydrogen) atoms. The van der Waals surface area contributed by atoms with E-state index in [0.717, 1.165) is 38.0 Å². The van der Waals surface area contributed by atoms with Crippen LogP contribution in [0.5, 0.6) is 0 Å².